The maximum Gasteiger partial charge on any atom is 0.220 e. The fourth-order valence-corrected chi connectivity index (χ4v) is 2.55. The molecule has 1 rings (SSSR count). The van der Waals surface area contributed by atoms with Crippen LogP contribution < -0.4 is 11.1 Å². The molecule has 1 unspecified atom stereocenters. The molecule has 0 aliphatic carbocycles. The number of amides is 1. The lowest BCUT2D eigenvalue weighted by Crippen LogP contribution is -2.26. The minimum atomic E-state index is 0.131. The van der Waals surface area contributed by atoms with E-state index in [1.807, 2.05) is 24.3 Å². The zero-order valence-corrected chi connectivity index (χ0v) is 13.8. The summed E-state index contributed by atoms with van der Waals surface area (Å²) in [5.74, 6) is 1.25. The average Bonchev–Trinajstić information content (AvgIpc) is 2.45. The van der Waals surface area contributed by atoms with Crippen LogP contribution in [0.15, 0.2) is 24.3 Å². The van der Waals surface area contributed by atoms with Crippen molar-refractivity contribution >= 4 is 17.5 Å². The van der Waals surface area contributed by atoms with Crippen LogP contribution in [0.1, 0.15) is 38.7 Å². The minimum Gasteiger partial charge on any atom is -0.356 e. The molecule has 0 aliphatic heterocycles. The maximum absolute atomic E-state index is 11.9. The topological polar surface area (TPSA) is 55.1 Å². The van der Waals surface area contributed by atoms with E-state index in [0.29, 0.717) is 31.3 Å². The summed E-state index contributed by atoms with van der Waals surface area (Å²) in [5, 5.41) is 3.72. The van der Waals surface area contributed by atoms with Gasteiger partial charge in [0.05, 0.1) is 0 Å². The van der Waals surface area contributed by atoms with Gasteiger partial charge in [0.15, 0.2) is 0 Å². The Balaban J connectivity index is 2.23. The highest BCUT2D eigenvalue weighted by Crippen LogP contribution is 2.20. The fourth-order valence-electron chi connectivity index (χ4n) is 2.43. The van der Waals surface area contributed by atoms with E-state index in [1.54, 1.807) is 0 Å². The third-order valence-corrected chi connectivity index (χ3v) is 4.12. The quantitative estimate of drug-likeness (QED) is 0.734. The van der Waals surface area contributed by atoms with Gasteiger partial charge in [0, 0.05) is 18.0 Å². The molecule has 0 saturated heterocycles. The van der Waals surface area contributed by atoms with Crippen LogP contribution in [0.25, 0.3) is 0 Å². The number of carbonyl (C=O) groups is 1. The first kappa shape index (κ1) is 18.0. The van der Waals surface area contributed by atoms with Crippen LogP contribution in [0, 0.1) is 11.8 Å². The molecule has 0 heterocycles. The lowest BCUT2D eigenvalue weighted by Gasteiger charge is -2.19. The second-order valence-corrected chi connectivity index (χ2v) is 6.28. The van der Waals surface area contributed by atoms with Crippen LogP contribution in [0.2, 0.25) is 5.02 Å². The summed E-state index contributed by atoms with van der Waals surface area (Å²) in [6, 6.07) is 7.73. The van der Waals surface area contributed by atoms with Crippen molar-refractivity contribution in [2.45, 2.75) is 39.5 Å². The van der Waals surface area contributed by atoms with Gasteiger partial charge in [-0.3, -0.25) is 4.79 Å². The Hall–Kier alpha value is -1.06. The number of carbonyl (C=O) groups excluding carboxylic acids is 1. The van der Waals surface area contributed by atoms with Crippen LogP contribution >= 0.6 is 11.6 Å². The number of halogens is 1. The standard InChI is InChI=1S/C17H27ClN2O/c1-13(2)15(9-11-19)5-8-17(21)20-12-10-14-3-6-16(18)7-4-14/h3-4,6-7,13,15H,5,8-12,19H2,1-2H3,(H,20,21). The molecule has 1 aromatic carbocycles. The van der Waals surface area contributed by atoms with Crippen molar-refractivity contribution in [1.82, 2.24) is 5.32 Å². The van der Waals surface area contributed by atoms with Gasteiger partial charge in [-0.05, 0) is 55.3 Å². The second kappa shape index (κ2) is 9.80. The van der Waals surface area contributed by atoms with E-state index in [4.69, 9.17) is 17.3 Å². The summed E-state index contributed by atoms with van der Waals surface area (Å²) < 4.78 is 0. The van der Waals surface area contributed by atoms with E-state index in [2.05, 4.69) is 19.2 Å². The molecule has 0 aliphatic rings. The van der Waals surface area contributed by atoms with Gasteiger partial charge in [-0.15, -0.1) is 0 Å². The van der Waals surface area contributed by atoms with Gasteiger partial charge in [0.25, 0.3) is 0 Å². The maximum atomic E-state index is 11.9. The van der Waals surface area contributed by atoms with E-state index in [0.717, 1.165) is 24.3 Å². The molecular weight excluding hydrogens is 284 g/mol. The number of nitrogens with two attached hydrogens (primary N) is 1. The van der Waals surface area contributed by atoms with Gasteiger partial charge in [-0.2, -0.15) is 0 Å². The first-order chi connectivity index (χ1) is 10.0. The average molecular weight is 311 g/mol. The van der Waals surface area contributed by atoms with Crippen LogP contribution in [-0.2, 0) is 11.2 Å². The van der Waals surface area contributed by atoms with Crippen molar-refractivity contribution in [3.05, 3.63) is 34.9 Å². The zero-order chi connectivity index (χ0) is 15.7. The molecule has 0 aromatic heterocycles. The van der Waals surface area contributed by atoms with Gasteiger partial charge in [-0.1, -0.05) is 37.6 Å². The van der Waals surface area contributed by atoms with Crippen molar-refractivity contribution in [2.24, 2.45) is 17.6 Å². The van der Waals surface area contributed by atoms with Crippen molar-refractivity contribution in [1.29, 1.82) is 0 Å². The van der Waals surface area contributed by atoms with Crippen molar-refractivity contribution in [2.75, 3.05) is 13.1 Å². The van der Waals surface area contributed by atoms with E-state index < -0.39 is 0 Å². The molecule has 3 N–H and O–H groups in total. The first-order valence-electron chi connectivity index (χ1n) is 7.74. The summed E-state index contributed by atoms with van der Waals surface area (Å²) >= 11 is 5.84. The monoisotopic (exact) mass is 310 g/mol. The van der Waals surface area contributed by atoms with Crippen LogP contribution in [0.4, 0.5) is 0 Å². The SMILES string of the molecule is CC(C)C(CCN)CCC(=O)NCCc1ccc(Cl)cc1. The Labute approximate surface area is 133 Å². The molecule has 0 fully saturated rings. The highest BCUT2D eigenvalue weighted by atomic mass is 35.5. The zero-order valence-electron chi connectivity index (χ0n) is 13.1. The molecular formula is C17H27ClN2O. The smallest absolute Gasteiger partial charge is 0.220 e. The van der Waals surface area contributed by atoms with Crippen LogP contribution in [0.3, 0.4) is 0 Å². The highest BCUT2D eigenvalue weighted by Gasteiger charge is 2.14. The number of benzene rings is 1. The highest BCUT2D eigenvalue weighted by molar-refractivity contribution is 6.30. The summed E-state index contributed by atoms with van der Waals surface area (Å²) in [6.07, 6.45) is 3.33. The van der Waals surface area contributed by atoms with E-state index in [-0.39, 0.29) is 5.91 Å². The Bertz CT molecular complexity index is 417. The number of nitrogens with one attached hydrogen (secondary N) is 1. The molecule has 3 nitrogen and oxygen atoms in total. The molecule has 0 spiro atoms. The van der Waals surface area contributed by atoms with Crippen molar-refractivity contribution in [3.8, 4) is 0 Å². The summed E-state index contributed by atoms with van der Waals surface area (Å²) in [6.45, 7) is 5.75. The number of hydrogen-bond acceptors (Lipinski definition) is 2. The minimum absolute atomic E-state index is 0.131. The van der Waals surface area contributed by atoms with E-state index >= 15 is 0 Å². The Morgan fingerprint density at radius 3 is 2.48 bits per heavy atom. The lowest BCUT2D eigenvalue weighted by atomic mass is 9.88. The Morgan fingerprint density at radius 2 is 1.90 bits per heavy atom. The second-order valence-electron chi connectivity index (χ2n) is 5.85. The van der Waals surface area contributed by atoms with Crippen molar-refractivity contribution in [3.63, 3.8) is 0 Å². The molecule has 1 atom stereocenters. The summed E-state index contributed by atoms with van der Waals surface area (Å²) in [7, 11) is 0. The molecule has 1 amide bonds. The van der Waals surface area contributed by atoms with E-state index in [9.17, 15) is 4.79 Å². The molecule has 118 valence electrons. The molecule has 0 radical (unpaired) electrons. The third kappa shape index (κ3) is 7.49. The largest absolute Gasteiger partial charge is 0.356 e. The fraction of sp³-hybridized carbons (Fsp3) is 0.588. The third-order valence-electron chi connectivity index (χ3n) is 3.87. The predicted octanol–water partition coefficient (Wildman–Crippen LogP) is 3.40. The lowest BCUT2D eigenvalue weighted by molar-refractivity contribution is -0.121. The number of hydrogen-bond donors (Lipinski definition) is 2. The van der Waals surface area contributed by atoms with Crippen LogP contribution in [0.5, 0.6) is 0 Å². The Morgan fingerprint density at radius 1 is 1.24 bits per heavy atom. The summed E-state index contributed by atoms with van der Waals surface area (Å²) in [5.41, 5.74) is 6.80. The van der Waals surface area contributed by atoms with E-state index in [1.165, 1.54) is 5.56 Å². The first-order valence-corrected chi connectivity index (χ1v) is 8.12. The normalized spacial score (nSPS) is 12.4. The summed E-state index contributed by atoms with van der Waals surface area (Å²) in [4.78, 5) is 11.9. The molecule has 21 heavy (non-hydrogen) atoms. The Kier molecular flexibility index (Phi) is 8.40. The molecule has 1 aromatic rings. The number of rotatable bonds is 9. The van der Waals surface area contributed by atoms with Gasteiger partial charge in [0.1, 0.15) is 0 Å². The van der Waals surface area contributed by atoms with Gasteiger partial charge < -0.3 is 11.1 Å². The molecule has 0 saturated carbocycles. The van der Waals surface area contributed by atoms with Crippen molar-refractivity contribution < 1.29 is 4.79 Å². The van der Waals surface area contributed by atoms with Gasteiger partial charge in [0.2, 0.25) is 5.91 Å². The molecule has 0 bridgehead atoms. The van der Waals surface area contributed by atoms with Gasteiger partial charge in [-0.25, -0.2) is 0 Å². The van der Waals surface area contributed by atoms with Crippen LogP contribution in [-0.4, -0.2) is 19.0 Å². The predicted molar refractivity (Wildman–Crippen MR) is 89.4 cm³/mol. The van der Waals surface area contributed by atoms with Gasteiger partial charge >= 0.3 is 0 Å². The molecule has 4 heteroatoms.